The first-order valence-electron chi connectivity index (χ1n) is 11.0. The van der Waals surface area contributed by atoms with Crippen LogP contribution in [0.4, 0.5) is 0 Å². The van der Waals surface area contributed by atoms with E-state index in [2.05, 4.69) is 68.2 Å². The van der Waals surface area contributed by atoms with Crippen LogP contribution in [0.5, 0.6) is 0 Å². The summed E-state index contributed by atoms with van der Waals surface area (Å²) in [5, 5.41) is 2.44. The maximum Gasteiger partial charge on any atom is 0.0525 e. The molecule has 3 aromatic heterocycles. The molecule has 3 nitrogen and oxygen atoms in total. The molecule has 3 heteroatoms. The molecule has 28 heavy (non-hydrogen) atoms. The Labute approximate surface area is 170 Å². The molecule has 3 aromatic rings. The highest BCUT2D eigenvalue weighted by atomic mass is 15.0. The molecule has 0 saturated carbocycles. The van der Waals surface area contributed by atoms with Crippen molar-refractivity contribution in [3.8, 4) is 0 Å². The maximum absolute atomic E-state index is 4.41. The minimum atomic E-state index is 0.213. The standard InChI is InChI=1S/C25H37N3/c1-7-12-24(4,5)23(16-25(6,9-3)13-8-2)28-21-10-14-26-17-19(21)20-18-27-15-11-22(20)28/h10-11,14-15,17-18,23H,7-9,12-13,16H2,1-6H3/t23?,25-/m1/s1. The second-order valence-corrected chi connectivity index (χ2v) is 9.53. The van der Waals surface area contributed by atoms with Crippen LogP contribution in [0.25, 0.3) is 21.8 Å². The van der Waals surface area contributed by atoms with E-state index < -0.39 is 0 Å². The van der Waals surface area contributed by atoms with Crippen LogP contribution in [-0.2, 0) is 0 Å². The van der Waals surface area contributed by atoms with Crippen LogP contribution < -0.4 is 0 Å². The molecule has 0 radical (unpaired) electrons. The van der Waals surface area contributed by atoms with E-state index in [1.807, 2.05) is 24.8 Å². The van der Waals surface area contributed by atoms with Gasteiger partial charge in [0.05, 0.1) is 11.0 Å². The lowest BCUT2D eigenvalue weighted by Crippen LogP contribution is -2.32. The average molecular weight is 380 g/mol. The molecule has 3 heterocycles. The molecule has 0 fully saturated rings. The Balaban J connectivity index is 2.25. The Morgan fingerprint density at radius 3 is 1.86 bits per heavy atom. The van der Waals surface area contributed by atoms with Gasteiger partial charge >= 0.3 is 0 Å². The van der Waals surface area contributed by atoms with E-state index in [4.69, 9.17) is 0 Å². The second kappa shape index (κ2) is 8.23. The summed E-state index contributed by atoms with van der Waals surface area (Å²) in [6.45, 7) is 14.4. The minimum Gasteiger partial charge on any atom is -0.337 e. The van der Waals surface area contributed by atoms with E-state index >= 15 is 0 Å². The zero-order chi connectivity index (χ0) is 20.4. The molecule has 0 aliphatic rings. The maximum atomic E-state index is 4.41. The predicted molar refractivity (Wildman–Crippen MR) is 121 cm³/mol. The van der Waals surface area contributed by atoms with Gasteiger partial charge in [0.15, 0.2) is 0 Å². The normalized spacial score (nSPS) is 15.8. The first-order valence-corrected chi connectivity index (χ1v) is 11.0. The smallest absolute Gasteiger partial charge is 0.0525 e. The molecule has 0 bridgehead atoms. The summed E-state index contributed by atoms with van der Waals surface area (Å²) in [7, 11) is 0. The first kappa shape index (κ1) is 20.8. The predicted octanol–water partition coefficient (Wildman–Crippen LogP) is 7.56. The summed E-state index contributed by atoms with van der Waals surface area (Å²) in [5.74, 6) is 0. The van der Waals surface area contributed by atoms with Crippen LogP contribution in [0.3, 0.4) is 0 Å². The molecule has 0 aliphatic carbocycles. The van der Waals surface area contributed by atoms with Crippen molar-refractivity contribution in [3.05, 3.63) is 36.9 Å². The van der Waals surface area contributed by atoms with E-state index in [0.717, 1.165) is 0 Å². The number of fused-ring (bicyclic) bond motifs is 3. The summed E-state index contributed by atoms with van der Waals surface area (Å²) in [5.41, 5.74) is 3.15. The lowest BCUT2D eigenvalue weighted by molar-refractivity contribution is 0.120. The molecular formula is C25H37N3. The molecule has 0 aliphatic heterocycles. The molecule has 152 valence electrons. The van der Waals surface area contributed by atoms with Crippen molar-refractivity contribution in [2.75, 3.05) is 0 Å². The molecule has 0 spiro atoms. The molecule has 2 atom stereocenters. The Morgan fingerprint density at radius 1 is 0.857 bits per heavy atom. The summed E-state index contributed by atoms with van der Waals surface area (Å²) >= 11 is 0. The summed E-state index contributed by atoms with van der Waals surface area (Å²) in [6.07, 6.45) is 15.2. The Morgan fingerprint density at radius 2 is 1.39 bits per heavy atom. The fourth-order valence-electron chi connectivity index (χ4n) is 5.10. The van der Waals surface area contributed by atoms with Crippen molar-refractivity contribution in [2.24, 2.45) is 10.8 Å². The van der Waals surface area contributed by atoms with Crippen molar-refractivity contribution in [2.45, 2.75) is 86.1 Å². The zero-order valence-electron chi connectivity index (χ0n) is 18.6. The van der Waals surface area contributed by atoms with Gasteiger partial charge in [-0.25, -0.2) is 0 Å². The van der Waals surface area contributed by atoms with Gasteiger partial charge in [-0.2, -0.15) is 0 Å². The molecular weight excluding hydrogens is 342 g/mol. The number of hydrogen-bond donors (Lipinski definition) is 0. The molecule has 0 amide bonds. The molecule has 3 rings (SSSR count). The van der Waals surface area contributed by atoms with E-state index in [1.165, 1.54) is 60.3 Å². The van der Waals surface area contributed by atoms with Gasteiger partial charge in [-0.3, -0.25) is 9.97 Å². The van der Waals surface area contributed by atoms with Crippen LogP contribution >= 0.6 is 0 Å². The highest BCUT2D eigenvalue weighted by Gasteiger charge is 2.37. The van der Waals surface area contributed by atoms with Gasteiger partial charge in [0.25, 0.3) is 0 Å². The third-order valence-electron chi connectivity index (χ3n) is 6.91. The van der Waals surface area contributed by atoms with Gasteiger partial charge in [-0.1, -0.05) is 60.8 Å². The second-order valence-electron chi connectivity index (χ2n) is 9.53. The number of nitrogens with zero attached hydrogens (tertiary/aromatic N) is 3. The lowest BCUT2D eigenvalue weighted by Gasteiger charge is -2.42. The third kappa shape index (κ3) is 3.81. The number of rotatable bonds is 9. The van der Waals surface area contributed by atoms with Crippen LogP contribution in [0, 0.1) is 10.8 Å². The quantitative estimate of drug-likeness (QED) is 0.384. The van der Waals surface area contributed by atoms with E-state index in [9.17, 15) is 0 Å². The van der Waals surface area contributed by atoms with Gasteiger partial charge in [-0.05, 0) is 42.2 Å². The third-order valence-corrected chi connectivity index (χ3v) is 6.91. The van der Waals surface area contributed by atoms with Crippen LogP contribution in [0.15, 0.2) is 36.9 Å². The fourth-order valence-corrected chi connectivity index (χ4v) is 5.10. The van der Waals surface area contributed by atoms with Crippen molar-refractivity contribution in [3.63, 3.8) is 0 Å². The monoisotopic (exact) mass is 379 g/mol. The van der Waals surface area contributed by atoms with Crippen molar-refractivity contribution >= 4 is 21.8 Å². The van der Waals surface area contributed by atoms with Crippen LogP contribution in [0.2, 0.25) is 0 Å². The first-order chi connectivity index (χ1) is 13.4. The minimum absolute atomic E-state index is 0.213. The number of aromatic nitrogens is 3. The van der Waals surface area contributed by atoms with E-state index in [0.29, 0.717) is 11.5 Å². The Hall–Kier alpha value is -1.90. The van der Waals surface area contributed by atoms with Gasteiger partial charge in [-0.15, -0.1) is 0 Å². The topological polar surface area (TPSA) is 30.7 Å². The SMILES string of the molecule is CCCC(C)(C)C(C[C@](C)(CC)CCC)n1c2ccncc2c2cnccc21. The van der Waals surface area contributed by atoms with Gasteiger partial charge in [0, 0.05) is 41.6 Å². The van der Waals surface area contributed by atoms with E-state index in [-0.39, 0.29) is 5.41 Å². The summed E-state index contributed by atoms with van der Waals surface area (Å²) < 4.78 is 2.62. The van der Waals surface area contributed by atoms with Gasteiger partial charge in [0.2, 0.25) is 0 Å². The van der Waals surface area contributed by atoms with Crippen molar-refractivity contribution < 1.29 is 0 Å². The number of hydrogen-bond acceptors (Lipinski definition) is 2. The van der Waals surface area contributed by atoms with Crippen LogP contribution in [0.1, 0.15) is 86.1 Å². The van der Waals surface area contributed by atoms with E-state index in [1.54, 1.807) is 0 Å². The highest BCUT2D eigenvalue weighted by Crippen LogP contribution is 2.48. The number of pyridine rings is 2. The lowest BCUT2D eigenvalue weighted by atomic mass is 9.69. The molecule has 1 unspecified atom stereocenters. The Bertz CT molecular complexity index is 871. The molecule has 0 N–H and O–H groups in total. The largest absolute Gasteiger partial charge is 0.337 e. The average Bonchev–Trinajstić information content (AvgIpc) is 3.01. The highest BCUT2D eigenvalue weighted by molar-refractivity contribution is 6.07. The van der Waals surface area contributed by atoms with Gasteiger partial charge < -0.3 is 4.57 Å². The van der Waals surface area contributed by atoms with Crippen molar-refractivity contribution in [1.82, 2.24) is 14.5 Å². The Kier molecular flexibility index (Phi) is 6.12. The van der Waals surface area contributed by atoms with Crippen LogP contribution in [-0.4, -0.2) is 14.5 Å². The summed E-state index contributed by atoms with van der Waals surface area (Å²) in [6, 6.07) is 4.81. The molecule has 0 saturated heterocycles. The van der Waals surface area contributed by atoms with Gasteiger partial charge in [0.1, 0.15) is 0 Å². The fraction of sp³-hybridized carbons (Fsp3) is 0.600. The summed E-state index contributed by atoms with van der Waals surface area (Å²) in [4.78, 5) is 8.83. The van der Waals surface area contributed by atoms with Crippen molar-refractivity contribution in [1.29, 1.82) is 0 Å². The zero-order valence-corrected chi connectivity index (χ0v) is 18.6. The molecule has 0 aromatic carbocycles.